The summed E-state index contributed by atoms with van der Waals surface area (Å²) < 4.78 is 51.7. The van der Waals surface area contributed by atoms with Gasteiger partial charge in [-0.25, -0.2) is 9.36 Å². The molecule has 3 rings (SSSR count). The molecule has 180 valence electrons. The molecule has 4 atom stereocenters. The van der Waals surface area contributed by atoms with Gasteiger partial charge in [0.05, 0.1) is 6.61 Å². The first-order chi connectivity index (χ1) is 15.4. The van der Waals surface area contributed by atoms with Crippen molar-refractivity contribution in [2.24, 2.45) is 0 Å². The lowest BCUT2D eigenvalue weighted by Crippen LogP contribution is -2.42. The zero-order valence-electron chi connectivity index (χ0n) is 17.6. The molecule has 1 aromatic carbocycles. The fourth-order valence-electron chi connectivity index (χ4n) is 3.06. The lowest BCUT2D eigenvalue weighted by Gasteiger charge is -2.21. The second-order valence-corrected chi connectivity index (χ2v) is 9.09. The van der Waals surface area contributed by atoms with Gasteiger partial charge in [0.1, 0.15) is 11.9 Å². The van der Waals surface area contributed by atoms with Gasteiger partial charge in [0.2, 0.25) is 6.23 Å². The molecule has 0 bridgehead atoms. The Balaban J connectivity index is 1.69. The number of anilines is 1. The van der Waals surface area contributed by atoms with Gasteiger partial charge in [0, 0.05) is 17.8 Å². The van der Waals surface area contributed by atoms with E-state index in [1.165, 1.54) is 30.3 Å². The standard InChI is InChI=1S/C19H23F2N4O7P/c1-11(2)22-14-8-9-25(18(28)23-14)17-19(20,21)15(26)13(32-17)10-31-33(29,30)24-16(27)12-6-4-3-5-7-12/h3-9,11,13,15,17,26H,10H2,1-2H3,(H,22,23,28)(H2,24,27,29,30)/t13-,15-,17-/m1/s1. The van der Waals surface area contributed by atoms with Crippen molar-refractivity contribution in [3.63, 3.8) is 0 Å². The Morgan fingerprint density at radius 2 is 2.00 bits per heavy atom. The molecule has 1 saturated heterocycles. The number of nitrogens with zero attached hydrogens (tertiary/aromatic N) is 2. The third-order valence-corrected chi connectivity index (χ3v) is 5.58. The normalized spacial score (nSPS) is 23.8. The van der Waals surface area contributed by atoms with Gasteiger partial charge in [-0.3, -0.25) is 19.0 Å². The molecule has 1 aliphatic rings. The average Bonchev–Trinajstić information content (AvgIpc) is 2.96. The van der Waals surface area contributed by atoms with Crippen LogP contribution in [0.3, 0.4) is 0 Å². The second kappa shape index (κ2) is 9.65. The van der Waals surface area contributed by atoms with Crippen molar-refractivity contribution in [3.8, 4) is 0 Å². The molecule has 1 unspecified atom stereocenters. The van der Waals surface area contributed by atoms with Crippen molar-refractivity contribution in [2.75, 3.05) is 11.9 Å². The first-order valence-corrected chi connectivity index (χ1v) is 11.4. The van der Waals surface area contributed by atoms with Crippen LogP contribution in [0.15, 0.2) is 47.4 Å². The first kappa shape index (κ1) is 24.9. The van der Waals surface area contributed by atoms with Crippen molar-refractivity contribution in [3.05, 3.63) is 58.6 Å². The van der Waals surface area contributed by atoms with Gasteiger partial charge in [0.15, 0.2) is 6.10 Å². The Morgan fingerprint density at radius 3 is 2.61 bits per heavy atom. The summed E-state index contributed by atoms with van der Waals surface area (Å²) in [5, 5.41) is 14.6. The molecule has 0 spiro atoms. The van der Waals surface area contributed by atoms with Crippen LogP contribution in [0.25, 0.3) is 0 Å². The number of aliphatic hydroxyl groups excluding tert-OH is 1. The number of benzene rings is 1. The molecule has 1 fully saturated rings. The van der Waals surface area contributed by atoms with E-state index in [0.717, 1.165) is 6.20 Å². The third-order valence-electron chi connectivity index (χ3n) is 4.59. The summed E-state index contributed by atoms with van der Waals surface area (Å²) in [6.45, 7) is 2.63. The van der Waals surface area contributed by atoms with Gasteiger partial charge in [0.25, 0.3) is 5.91 Å². The number of rotatable bonds is 8. The van der Waals surface area contributed by atoms with Gasteiger partial charge in [-0.05, 0) is 32.0 Å². The largest absolute Gasteiger partial charge is 0.432 e. The Hall–Kier alpha value is -2.70. The highest BCUT2D eigenvalue weighted by atomic mass is 31.2. The topological polar surface area (TPSA) is 152 Å². The Kier molecular flexibility index (Phi) is 7.29. The average molecular weight is 488 g/mol. The maximum atomic E-state index is 14.6. The highest BCUT2D eigenvalue weighted by Crippen LogP contribution is 2.44. The molecule has 1 amide bonds. The van der Waals surface area contributed by atoms with E-state index in [-0.39, 0.29) is 17.4 Å². The van der Waals surface area contributed by atoms with Crippen LogP contribution in [0, 0.1) is 0 Å². The first-order valence-electron chi connectivity index (χ1n) is 9.83. The highest BCUT2D eigenvalue weighted by Gasteiger charge is 2.60. The Morgan fingerprint density at radius 1 is 1.33 bits per heavy atom. The lowest BCUT2D eigenvalue weighted by atomic mass is 10.1. The van der Waals surface area contributed by atoms with E-state index in [4.69, 9.17) is 9.26 Å². The number of hydrogen-bond donors (Lipinski definition) is 4. The third kappa shape index (κ3) is 5.81. The molecule has 0 aliphatic carbocycles. The monoisotopic (exact) mass is 488 g/mol. The van der Waals surface area contributed by atoms with Crippen molar-refractivity contribution < 1.29 is 37.4 Å². The minimum absolute atomic E-state index is 0.0585. The van der Waals surface area contributed by atoms with Crippen LogP contribution in [-0.4, -0.2) is 56.2 Å². The smallest absolute Gasteiger partial charge is 0.384 e. The molecule has 2 aromatic rings. The molecule has 2 heterocycles. The number of ether oxygens (including phenoxy) is 1. The number of carbonyl (C=O) groups excluding carboxylic acids is 1. The van der Waals surface area contributed by atoms with Crippen molar-refractivity contribution in [1.82, 2.24) is 14.6 Å². The van der Waals surface area contributed by atoms with Gasteiger partial charge in [-0.15, -0.1) is 0 Å². The number of aromatic nitrogens is 2. The number of alkyl halides is 2. The van der Waals surface area contributed by atoms with E-state index in [0.29, 0.717) is 4.57 Å². The van der Waals surface area contributed by atoms with Crippen LogP contribution in [0.5, 0.6) is 0 Å². The quantitative estimate of drug-likeness (QED) is 0.405. The van der Waals surface area contributed by atoms with Crippen LogP contribution < -0.4 is 16.1 Å². The van der Waals surface area contributed by atoms with E-state index in [1.54, 1.807) is 25.0 Å². The summed E-state index contributed by atoms with van der Waals surface area (Å²) in [4.78, 5) is 37.8. The predicted molar refractivity (Wildman–Crippen MR) is 112 cm³/mol. The molecular weight excluding hydrogens is 465 g/mol. The summed E-state index contributed by atoms with van der Waals surface area (Å²) in [5.74, 6) is -4.70. The van der Waals surface area contributed by atoms with Gasteiger partial charge >= 0.3 is 19.4 Å². The Bertz CT molecular complexity index is 1100. The minimum atomic E-state index is -4.78. The SMILES string of the molecule is CC(C)Nc1ccn([C@@H]2O[C@H](COP(=O)(O)NC(=O)c3ccccc3)[C@@H](O)C2(F)F)c(=O)n1. The molecule has 0 radical (unpaired) electrons. The number of amides is 1. The number of halogens is 2. The number of carbonyl (C=O) groups is 1. The fraction of sp³-hybridized carbons (Fsp3) is 0.421. The van der Waals surface area contributed by atoms with E-state index < -0.39 is 50.3 Å². The fourth-order valence-corrected chi connectivity index (χ4v) is 3.86. The lowest BCUT2D eigenvalue weighted by molar-refractivity contribution is -0.140. The van der Waals surface area contributed by atoms with Crippen molar-refractivity contribution >= 4 is 19.5 Å². The molecule has 11 nitrogen and oxygen atoms in total. The molecule has 14 heteroatoms. The second-order valence-electron chi connectivity index (χ2n) is 7.57. The number of nitrogens with one attached hydrogen (secondary N) is 2. The number of hydrogen-bond acceptors (Lipinski definition) is 8. The zero-order valence-corrected chi connectivity index (χ0v) is 18.5. The molecule has 33 heavy (non-hydrogen) atoms. The predicted octanol–water partition coefficient (Wildman–Crippen LogP) is 1.50. The highest BCUT2D eigenvalue weighted by molar-refractivity contribution is 7.51. The summed E-state index contributed by atoms with van der Waals surface area (Å²) in [5.41, 5.74) is -0.983. The van der Waals surface area contributed by atoms with E-state index in [1.807, 2.05) is 0 Å². The number of aliphatic hydroxyl groups is 1. The van der Waals surface area contributed by atoms with Crippen LogP contribution in [0.4, 0.5) is 14.6 Å². The van der Waals surface area contributed by atoms with Crippen LogP contribution >= 0.6 is 7.75 Å². The molecular formula is C19H23F2N4O7P. The Labute approximate surface area is 187 Å². The van der Waals surface area contributed by atoms with Gasteiger partial charge in [-0.2, -0.15) is 13.8 Å². The van der Waals surface area contributed by atoms with Crippen molar-refractivity contribution in [1.29, 1.82) is 0 Å². The molecule has 1 aliphatic heterocycles. The maximum absolute atomic E-state index is 14.6. The van der Waals surface area contributed by atoms with Gasteiger partial charge in [-0.1, -0.05) is 18.2 Å². The van der Waals surface area contributed by atoms with E-state index in [9.17, 15) is 32.9 Å². The molecule has 0 saturated carbocycles. The maximum Gasteiger partial charge on any atom is 0.432 e. The molecule has 4 N–H and O–H groups in total. The van der Waals surface area contributed by atoms with E-state index in [2.05, 4.69) is 10.3 Å². The van der Waals surface area contributed by atoms with Crippen LogP contribution in [-0.2, 0) is 13.8 Å². The van der Waals surface area contributed by atoms with E-state index >= 15 is 0 Å². The van der Waals surface area contributed by atoms with Gasteiger partial charge < -0.3 is 20.1 Å². The minimum Gasteiger partial charge on any atom is -0.384 e. The van der Waals surface area contributed by atoms with Crippen molar-refractivity contribution in [2.45, 2.75) is 44.2 Å². The zero-order chi connectivity index (χ0) is 24.4. The molecule has 1 aromatic heterocycles. The summed E-state index contributed by atoms with van der Waals surface area (Å²) in [6.07, 6.45) is -5.44. The summed E-state index contributed by atoms with van der Waals surface area (Å²) >= 11 is 0. The summed E-state index contributed by atoms with van der Waals surface area (Å²) in [7, 11) is -4.78. The van der Waals surface area contributed by atoms with Crippen LogP contribution in [0.2, 0.25) is 0 Å². The summed E-state index contributed by atoms with van der Waals surface area (Å²) in [6, 6.07) is 8.71. The van der Waals surface area contributed by atoms with Crippen LogP contribution in [0.1, 0.15) is 30.4 Å².